The van der Waals surface area contributed by atoms with E-state index in [2.05, 4.69) is 0 Å². The van der Waals surface area contributed by atoms with E-state index in [0.29, 0.717) is 23.8 Å². The minimum atomic E-state index is 0.343. The van der Waals surface area contributed by atoms with E-state index in [9.17, 15) is 4.79 Å². The molecule has 2 aliphatic rings. The van der Waals surface area contributed by atoms with Crippen molar-refractivity contribution in [2.24, 2.45) is 17.6 Å². The molecule has 2 unspecified atom stereocenters. The van der Waals surface area contributed by atoms with Crippen molar-refractivity contribution >= 4 is 5.91 Å². The number of amides is 1. The van der Waals surface area contributed by atoms with Crippen molar-refractivity contribution < 1.29 is 4.79 Å². The third-order valence-corrected chi connectivity index (χ3v) is 4.50. The Bertz CT molecular complexity index is 250. The van der Waals surface area contributed by atoms with Crippen LogP contribution in [-0.4, -0.2) is 30.4 Å². The molecule has 0 aromatic heterocycles. The maximum absolute atomic E-state index is 12.1. The molecule has 92 valence electrons. The largest absolute Gasteiger partial charge is 0.342 e. The van der Waals surface area contributed by atoms with Gasteiger partial charge in [-0.05, 0) is 44.1 Å². The number of hydrogen-bond acceptors (Lipinski definition) is 2. The van der Waals surface area contributed by atoms with Crippen LogP contribution in [0.1, 0.15) is 44.9 Å². The Kier molecular flexibility index (Phi) is 3.85. The number of hydrogen-bond donors (Lipinski definition) is 1. The van der Waals surface area contributed by atoms with Crippen LogP contribution in [0.5, 0.6) is 0 Å². The molecule has 16 heavy (non-hydrogen) atoms. The minimum absolute atomic E-state index is 0.343. The summed E-state index contributed by atoms with van der Waals surface area (Å²) in [6.45, 7) is 0.728. The van der Waals surface area contributed by atoms with Crippen LogP contribution < -0.4 is 5.73 Å². The lowest BCUT2D eigenvalue weighted by atomic mass is 9.82. The lowest BCUT2D eigenvalue weighted by molar-refractivity contribution is -0.134. The standard InChI is InChI=1S/C13H24N2O/c1-15(12-7-3-6-11(12)9-14)13(16)8-10-4-2-5-10/h10-12H,2-9,14H2,1H3. The van der Waals surface area contributed by atoms with Gasteiger partial charge in [0, 0.05) is 19.5 Å². The van der Waals surface area contributed by atoms with Gasteiger partial charge in [-0.2, -0.15) is 0 Å². The molecule has 0 heterocycles. The monoisotopic (exact) mass is 224 g/mol. The van der Waals surface area contributed by atoms with E-state index >= 15 is 0 Å². The molecule has 2 saturated carbocycles. The zero-order chi connectivity index (χ0) is 11.5. The van der Waals surface area contributed by atoms with E-state index < -0.39 is 0 Å². The number of carbonyl (C=O) groups excluding carboxylic acids is 1. The van der Waals surface area contributed by atoms with Crippen molar-refractivity contribution in [1.29, 1.82) is 0 Å². The summed E-state index contributed by atoms with van der Waals surface area (Å²) in [6, 6.07) is 0.414. The Hall–Kier alpha value is -0.570. The fourth-order valence-corrected chi connectivity index (χ4v) is 3.07. The SMILES string of the molecule is CN(C(=O)CC1CCC1)C1CCCC1CN. The van der Waals surface area contributed by atoms with E-state index in [-0.39, 0.29) is 0 Å². The maximum Gasteiger partial charge on any atom is 0.222 e. The van der Waals surface area contributed by atoms with Gasteiger partial charge in [0.05, 0.1) is 0 Å². The first-order valence-electron chi connectivity index (χ1n) is 6.68. The van der Waals surface area contributed by atoms with Crippen molar-refractivity contribution in [3.63, 3.8) is 0 Å². The van der Waals surface area contributed by atoms with Crippen LogP contribution in [-0.2, 0) is 4.79 Å². The third-order valence-electron chi connectivity index (χ3n) is 4.50. The molecule has 0 aromatic rings. The number of rotatable bonds is 4. The fourth-order valence-electron chi connectivity index (χ4n) is 3.07. The highest BCUT2D eigenvalue weighted by atomic mass is 16.2. The fraction of sp³-hybridized carbons (Fsp3) is 0.923. The Labute approximate surface area is 98.4 Å². The lowest BCUT2D eigenvalue weighted by Crippen LogP contribution is -2.42. The minimum Gasteiger partial charge on any atom is -0.342 e. The van der Waals surface area contributed by atoms with Crippen molar-refractivity contribution in [1.82, 2.24) is 4.90 Å². The van der Waals surface area contributed by atoms with E-state index in [4.69, 9.17) is 5.73 Å². The third kappa shape index (κ3) is 2.40. The second-order valence-electron chi connectivity index (χ2n) is 5.50. The van der Waals surface area contributed by atoms with Gasteiger partial charge in [0.1, 0.15) is 0 Å². The predicted molar refractivity (Wildman–Crippen MR) is 64.9 cm³/mol. The first-order chi connectivity index (χ1) is 7.72. The number of nitrogens with zero attached hydrogens (tertiary/aromatic N) is 1. The zero-order valence-electron chi connectivity index (χ0n) is 10.3. The molecule has 2 atom stereocenters. The van der Waals surface area contributed by atoms with Gasteiger partial charge < -0.3 is 10.6 Å². The molecule has 0 aliphatic heterocycles. The van der Waals surface area contributed by atoms with Gasteiger partial charge in [-0.3, -0.25) is 4.79 Å². The summed E-state index contributed by atoms with van der Waals surface area (Å²) in [5.74, 6) is 1.55. The summed E-state index contributed by atoms with van der Waals surface area (Å²) in [5.41, 5.74) is 5.76. The molecule has 2 N–H and O–H groups in total. The molecular weight excluding hydrogens is 200 g/mol. The van der Waals surface area contributed by atoms with E-state index in [0.717, 1.165) is 19.4 Å². The van der Waals surface area contributed by atoms with E-state index in [1.807, 2.05) is 11.9 Å². The number of nitrogens with two attached hydrogens (primary N) is 1. The highest BCUT2D eigenvalue weighted by molar-refractivity contribution is 5.76. The zero-order valence-corrected chi connectivity index (χ0v) is 10.3. The van der Waals surface area contributed by atoms with Crippen LogP contribution in [0, 0.1) is 11.8 Å². The van der Waals surface area contributed by atoms with Gasteiger partial charge in [-0.15, -0.1) is 0 Å². The molecule has 2 rings (SSSR count). The van der Waals surface area contributed by atoms with Gasteiger partial charge in [-0.1, -0.05) is 12.8 Å². The maximum atomic E-state index is 12.1. The molecule has 0 radical (unpaired) electrons. The van der Waals surface area contributed by atoms with Crippen molar-refractivity contribution in [3.8, 4) is 0 Å². The second kappa shape index (κ2) is 5.17. The van der Waals surface area contributed by atoms with Crippen molar-refractivity contribution in [2.75, 3.05) is 13.6 Å². The molecular formula is C13H24N2O. The van der Waals surface area contributed by atoms with Gasteiger partial charge in [-0.25, -0.2) is 0 Å². The van der Waals surface area contributed by atoms with Crippen molar-refractivity contribution in [3.05, 3.63) is 0 Å². The molecule has 0 spiro atoms. The van der Waals surface area contributed by atoms with Gasteiger partial charge in [0.25, 0.3) is 0 Å². The Morgan fingerprint density at radius 3 is 2.50 bits per heavy atom. The average Bonchev–Trinajstić information content (AvgIpc) is 2.69. The van der Waals surface area contributed by atoms with Crippen LogP contribution in [0.4, 0.5) is 0 Å². The first kappa shape index (κ1) is 11.9. The second-order valence-corrected chi connectivity index (χ2v) is 5.50. The summed E-state index contributed by atoms with van der Waals surface area (Å²) in [7, 11) is 1.97. The molecule has 0 aromatic carbocycles. The molecule has 2 aliphatic carbocycles. The molecule has 0 bridgehead atoms. The summed E-state index contributed by atoms with van der Waals surface area (Å²) in [4.78, 5) is 14.1. The van der Waals surface area contributed by atoms with Gasteiger partial charge >= 0.3 is 0 Å². The summed E-state index contributed by atoms with van der Waals surface area (Å²) in [5, 5.41) is 0. The van der Waals surface area contributed by atoms with Crippen LogP contribution in [0.25, 0.3) is 0 Å². The molecule has 1 amide bonds. The summed E-state index contributed by atoms with van der Waals surface area (Å²) >= 11 is 0. The summed E-state index contributed by atoms with van der Waals surface area (Å²) in [6.07, 6.45) is 8.17. The first-order valence-corrected chi connectivity index (χ1v) is 6.68. The van der Waals surface area contributed by atoms with Crippen LogP contribution >= 0.6 is 0 Å². The normalized spacial score (nSPS) is 30.1. The van der Waals surface area contributed by atoms with Crippen LogP contribution in [0.15, 0.2) is 0 Å². The van der Waals surface area contributed by atoms with Crippen molar-refractivity contribution in [2.45, 2.75) is 51.0 Å². The highest BCUT2D eigenvalue weighted by Gasteiger charge is 2.32. The lowest BCUT2D eigenvalue weighted by Gasteiger charge is -2.32. The quantitative estimate of drug-likeness (QED) is 0.791. The Balaban J connectivity index is 1.84. The van der Waals surface area contributed by atoms with Crippen LogP contribution in [0.3, 0.4) is 0 Å². The molecule has 3 nitrogen and oxygen atoms in total. The smallest absolute Gasteiger partial charge is 0.222 e. The Morgan fingerprint density at radius 2 is 1.94 bits per heavy atom. The molecule has 3 heteroatoms. The topological polar surface area (TPSA) is 46.3 Å². The Morgan fingerprint density at radius 1 is 1.25 bits per heavy atom. The predicted octanol–water partition coefficient (Wildman–Crippen LogP) is 1.76. The van der Waals surface area contributed by atoms with Gasteiger partial charge in [0.2, 0.25) is 5.91 Å². The van der Waals surface area contributed by atoms with E-state index in [1.54, 1.807) is 0 Å². The molecule has 2 fully saturated rings. The average molecular weight is 224 g/mol. The van der Waals surface area contributed by atoms with Gasteiger partial charge in [0.15, 0.2) is 0 Å². The van der Waals surface area contributed by atoms with E-state index in [1.165, 1.54) is 32.1 Å². The molecule has 0 saturated heterocycles. The highest BCUT2D eigenvalue weighted by Crippen LogP contribution is 2.32. The number of carbonyl (C=O) groups is 1. The summed E-state index contributed by atoms with van der Waals surface area (Å²) < 4.78 is 0. The van der Waals surface area contributed by atoms with Crippen LogP contribution in [0.2, 0.25) is 0 Å².